The number of hydrogen-bond donors (Lipinski definition) is 0. The Bertz CT molecular complexity index is 589. The van der Waals surface area contributed by atoms with E-state index in [-0.39, 0.29) is 0 Å². The lowest BCUT2D eigenvalue weighted by atomic mass is 10.2. The first-order chi connectivity index (χ1) is 9.47. The van der Waals surface area contributed by atoms with Crippen molar-refractivity contribution in [1.29, 1.82) is 0 Å². The Hall–Kier alpha value is -1.39. The molecule has 0 aliphatic rings. The molecule has 0 amide bonds. The van der Waals surface area contributed by atoms with E-state index in [0.717, 1.165) is 17.7 Å². The van der Waals surface area contributed by atoms with Gasteiger partial charge in [0.05, 0.1) is 10.6 Å². The molecule has 0 spiro atoms. The minimum atomic E-state index is -4.30. The van der Waals surface area contributed by atoms with Crippen molar-refractivity contribution in [2.45, 2.75) is 11.1 Å². The van der Waals surface area contributed by atoms with Gasteiger partial charge in [0.15, 0.2) is 0 Å². The second-order valence-electron chi connectivity index (χ2n) is 3.97. The Balaban J connectivity index is 2.08. The van der Waals surface area contributed by atoms with Gasteiger partial charge in [-0.05, 0) is 35.2 Å². The van der Waals surface area contributed by atoms with E-state index in [4.69, 9.17) is 11.6 Å². The molecule has 0 aliphatic heterocycles. The van der Waals surface area contributed by atoms with Gasteiger partial charge in [-0.15, -0.1) is 0 Å². The predicted molar refractivity (Wildman–Crippen MR) is 77.6 cm³/mol. The third kappa shape index (κ3) is 4.05. The molecule has 0 bridgehead atoms. The lowest BCUT2D eigenvalue weighted by molar-refractivity contribution is -0.137. The molecule has 2 aromatic rings. The molecule has 0 saturated carbocycles. The Morgan fingerprint density at radius 3 is 2.10 bits per heavy atom. The van der Waals surface area contributed by atoms with E-state index in [1.807, 2.05) is 30.3 Å². The van der Waals surface area contributed by atoms with Gasteiger partial charge < -0.3 is 0 Å². The van der Waals surface area contributed by atoms with Gasteiger partial charge in [0.25, 0.3) is 0 Å². The topological polar surface area (TPSA) is 0 Å². The third-order valence-electron chi connectivity index (χ3n) is 2.53. The molecule has 0 fully saturated rings. The zero-order valence-corrected chi connectivity index (χ0v) is 11.8. The standard InChI is InChI=1S/C15H10ClF3S/c16-14(11-4-2-1-3-5-11)10-20-13-8-6-12(7-9-13)15(17,18)19/h1-10H/b14-10-. The van der Waals surface area contributed by atoms with Crippen molar-refractivity contribution in [3.8, 4) is 0 Å². The van der Waals surface area contributed by atoms with Gasteiger partial charge in [-0.3, -0.25) is 0 Å². The van der Waals surface area contributed by atoms with Crippen LogP contribution < -0.4 is 0 Å². The lowest BCUT2D eigenvalue weighted by Crippen LogP contribution is -2.03. The van der Waals surface area contributed by atoms with Gasteiger partial charge in [-0.25, -0.2) is 0 Å². The molecule has 0 saturated heterocycles. The maximum absolute atomic E-state index is 12.4. The summed E-state index contributed by atoms with van der Waals surface area (Å²) in [5, 5.41) is 2.26. The summed E-state index contributed by atoms with van der Waals surface area (Å²) in [6.07, 6.45) is -4.30. The Morgan fingerprint density at radius 1 is 0.950 bits per heavy atom. The van der Waals surface area contributed by atoms with Crippen LogP contribution in [0, 0.1) is 0 Å². The quantitative estimate of drug-likeness (QED) is 0.623. The summed E-state index contributed by atoms with van der Waals surface area (Å²) in [4.78, 5) is 0.701. The van der Waals surface area contributed by atoms with Crippen molar-refractivity contribution in [3.05, 3.63) is 71.1 Å². The lowest BCUT2D eigenvalue weighted by Gasteiger charge is -2.06. The predicted octanol–water partition coefficient (Wildman–Crippen LogP) is 6.03. The summed E-state index contributed by atoms with van der Waals surface area (Å²) < 4.78 is 37.2. The first-order valence-electron chi connectivity index (χ1n) is 5.72. The first-order valence-corrected chi connectivity index (χ1v) is 6.97. The van der Waals surface area contributed by atoms with E-state index in [2.05, 4.69) is 0 Å². The number of benzene rings is 2. The molecule has 0 N–H and O–H groups in total. The van der Waals surface area contributed by atoms with E-state index in [0.29, 0.717) is 9.93 Å². The smallest absolute Gasteiger partial charge is 0.166 e. The highest BCUT2D eigenvalue weighted by Crippen LogP contribution is 2.32. The van der Waals surface area contributed by atoms with E-state index in [1.54, 1.807) is 5.41 Å². The average molecular weight is 315 g/mol. The van der Waals surface area contributed by atoms with E-state index in [9.17, 15) is 13.2 Å². The molecule has 0 heterocycles. The molecule has 0 aromatic heterocycles. The summed E-state index contributed by atoms with van der Waals surface area (Å²) >= 11 is 7.40. The fraction of sp³-hybridized carbons (Fsp3) is 0.0667. The summed E-state index contributed by atoms with van der Waals surface area (Å²) in [6.45, 7) is 0. The number of alkyl halides is 3. The van der Waals surface area contributed by atoms with Crippen LogP contribution in [0.1, 0.15) is 11.1 Å². The number of halogens is 4. The normalized spacial score (nSPS) is 12.5. The fourth-order valence-electron chi connectivity index (χ4n) is 1.51. The van der Waals surface area contributed by atoms with Crippen molar-refractivity contribution in [1.82, 2.24) is 0 Å². The second kappa shape index (κ2) is 6.37. The molecule has 104 valence electrons. The summed E-state index contributed by atoms with van der Waals surface area (Å²) in [6, 6.07) is 14.3. The molecule has 2 rings (SSSR count). The van der Waals surface area contributed by atoms with Gasteiger partial charge in [0.2, 0.25) is 0 Å². The molecule has 0 aliphatic carbocycles. The van der Waals surface area contributed by atoms with Crippen LogP contribution in [0.3, 0.4) is 0 Å². The number of thioether (sulfide) groups is 1. The minimum Gasteiger partial charge on any atom is -0.166 e. The summed E-state index contributed by atoms with van der Waals surface area (Å²) in [5.41, 5.74) is 0.216. The molecule has 20 heavy (non-hydrogen) atoms. The van der Waals surface area contributed by atoms with Crippen LogP contribution in [0.25, 0.3) is 5.03 Å². The molecule has 0 atom stereocenters. The molecular formula is C15H10ClF3S. The van der Waals surface area contributed by atoms with Gasteiger partial charge in [0.1, 0.15) is 0 Å². The van der Waals surface area contributed by atoms with Crippen molar-refractivity contribution < 1.29 is 13.2 Å². The largest absolute Gasteiger partial charge is 0.416 e. The number of rotatable bonds is 3. The molecule has 0 radical (unpaired) electrons. The van der Waals surface area contributed by atoms with E-state index in [1.165, 1.54) is 23.9 Å². The van der Waals surface area contributed by atoms with Crippen LogP contribution in [-0.4, -0.2) is 0 Å². The van der Waals surface area contributed by atoms with Crippen molar-refractivity contribution >= 4 is 28.4 Å². The van der Waals surface area contributed by atoms with Gasteiger partial charge >= 0.3 is 6.18 Å². The van der Waals surface area contributed by atoms with Crippen molar-refractivity contribution in [3.63, 3.8) is 0 Å². The van der Waals surface area contributed by atoms with Crippen molar-refractivity contribution in [2.24, 2.45) is 0 Å². The maximum Gasteiger partial charge on any atom is 0.416 e. The Kier molecular flexibility index (Phi) is 4.78. The van der Waals surface area contributed by atoms with Crippen LogP contribution in [0.5, 0.6) is 0 Å². The van der Waals surface area contributed by atoms with Crippen LogP contribution in [0.4, 0.5) is 13.2 Å². The monoisotopic (exact) mass is 314 g/mol. The van der Waals surface area contributed by atoms with E-state index >= 15 is 0 Å². The summed E-state index contributed by atoms with van der Waals surface area (Å²) in [5.74, 6) is 0. The summed E-state index contributed by atoms with van der Waals surface area (Å²) in [7, 11) is 0. The van der Waals surface area contributed by atoms with Gasteiger partial charge in [-0.2, -0.15) is 13.2 Å². The van der Waals surface area contributed by atoms with Crippen molar-refractivity contribution in [2.75, 3.05) is 0 Å². The zero-order chi connectivity index (χ0) is 14.6. The van der Waals surface area contributed by atoms with Crippen LogP contribution in [-0.2, 0) is 6.18 Å². The highest BCUT2D eigenvalue weighted by molar-refractivity contribution is 8.02. The molecule has 5 heteroatoms. The highest BCUT2D eigenvalue weighted by Gasteiger charge is 2.29. The minimum absolute atomic E-state index is 0.551. The second-order valence-corrected chi connectivity index (χ2v) is 5.32. The number of hydrogen-bond acceptors (Lipinski definition) is 1. The highest BCUT2D eigenvalue weighted by atomic mass is 35.5. The Morgan fingerprint density at radius 2 is 1.55 bits per heavy atom. The molecular weight excluding hydrogens is 305 g/mol. The Labute approximate surface area is 124 Å². The SMILES string of the molecule is FC(F)(F)c1ccc(S/C=C(\Cl)c2ccccc2)cc1. The zero-order valence-electron chi connectivity index (χ0n) is 10.2. The maximum atomic E-state index is 12.4. The first kappa shape index (κ1) is 15.0. The molecule has 0 unspecified atom stereocenters. The average Bonchev–Trinajstić information content (AvgIpc) is 2.45. The van der Waals surface area contributed by atoms with Crippen LogP contribution in [0.15, 0.2) is 64.9 Å². The van der Waals surface area contributed by atoms with E-state index < -0.39 is 11.7 Å². The van der Waals surface area contributed by atoms with Crippen LogP contribution >= 0.6 is 23.4 Å². The van der Waals surface area contributed by atoms with Crippen LogP contribution in [0.2, 0.25) is 0 Å². The third-order valence-corrected chi connectivity index (χ3v) is 3.88. The van der Waals surface area contributed by atoms with Gasteiger partial charge in [-0.1, -0.05) is 53.7 Å². The molecule has 2 aromatic carbocycles. The van der Waals surface area contributed by atoms with Gasteiger partial charge in [0, 0.05) is 4.90 Å². The fourth-order valence-corrected chi connectivity index (χ4v) is 2.44. The molecule has 0 nitrogen and oxygen atoms in total.